The van der Waals surface area contributed by atoms with E-state index in [1.165, 1.54) is 36.8 Å². The lowest BCUT2D eigenvalue weighted by atomic mass is 9.99. The first-order chi connectivity index (χ1) is 8.86. The minimum absolute atomic E-state index is 0.513. The van der Waals surface area contributed by atoms with Gasteiger partial charge in [0.1, 0.15) is 5.75 Å². The average Bonchev–Trinajstić information content (AvgIpc) is 3.06. The van der Waals surface area contributed by atoms with Crippen molar-refractivity contribution in [2.75, 3.05) is 6.61 Å². The van der Waals surface area contributed by atoms with E-state index in [-0.39, 0.29) is 0 Å². The zero-order valence-electron chi connectivity index (χ0n) is 11.2. The molecule has 0 saturated heterocycles. The van der Waals surface area contributed by atoms with Gasteiger partial charge in [0.15, 0.2) is 0 Å². The Balaban J connectivity index is 1.74. The van der Waals surface area contributed by atoms with Gasteiger partial charge in [-0.2, -0.15) is 0 Å². The fourth-order valence-electron chi connectivity index (χ4n) is 3.25. The van der Waals surface area contributed by atoms with E-state index < -0.39 is 0 Å². The number of hydrogen-bond donors (Lipinski definition) is 1. The fraction of sp³-hybridized carbons (Fsp3) is 0.625. The molecule has 0 aromatic heterocycles. The van der Waals surface area contributed by atoms with Gasteiger partial charge < -0.3 is 10.1 Å². The van der Waals surface area contributed by atoms with Crippen LogP contribution >= 0.6 is 0 Å². The first kappa shape index (κ1) is 12.0. The molecule has 1 heterocycles. The van der Waals surface area contributed by atoms with Gasteiger partial charge in [0, 0.05) is 18.5 Å². The minimum atomic E-state index is 0.513. The summed E-state index contributed by atoms with van der Waals surface area (Å²) in [7, 11) is 0. The van der Waals surface area contributed by atoms with Gasteiger partial charge >= 0.3 is 0 Å². The van der Waals surface area contributed by atoms with Crippen molar-refractivity contribution in [3.8, 4) is 5.75 Å². The van der Waals surface area contributed by atoms with Crippen molar-refractivity contribution < 1.29 is 4.74 Å². The molecule has 1 aliphatic heterocycles. The van der Waals surface area contributed by atoms with Crippen molar-refractivity contribution in [3.05, 3.63) is 29.3 Å². The molecule has 1 aromatic carbocycles. The van der Waals surface area contributed by atoms with Crippen LogP contribution in [0.3, 0.4) is 0 Å². The highest BCUT2D eigenvalue weighted by Crippen LogP contribution is 2.30. The number of nitrogens with one attached hydrogen (secondary N) is 1. The van der Waals surface area contributed by atoms with Crippen LogP contribution in [0.1, 0.15) is 56.2 Å². The van der Waals surface area contributed by atoms with Crippen molar-refractivity contribution in [1.82, 2.24) is 5.32 Å². The molecular formula is C16H23NO. The van der Waals surface area contributed by atoms with E-state index in [2.05, 4.69) is 30.4 Å². The number of fused-ring (bicyclic) bond motifs is 1. The maximum Gasteiger partial charge on any atom is 0.122 e. The van der Waals surface area contributed by atoms with E-state index in [4.69, 9.17) is 4.74 Å². The topological polar surface area (TPSA) is 21.3 Å². The molecule has 1 atom stereocenters. The highest BCUT2D eigenvalue weighted by atomic mass is 16.5. The molecule has 2 aliphatic rings. The standard InChI is InChI=1S/C16H23NO/c1-2-15(17-14-5-3-4-6-14)12-7-8-16-13(11-12)9-10-18-16/h7-8,11,14-15,17H,2-6,9-10H2,1H3. The minimum Gasteiger partial charge on any atom is -0.493 e. The Bertz CT molecular complexity index is 410. The van der Waals surface area contributed by atoms with E-state index in [1.54, 1.807) is 0 Å². The second kappa shape index (κ2) is 5.31. The van der Waals surface area contributed by atoms with E-state index in [9.17, 15) is 0 Å². The lowest BCUT2D eigenvalue weighted by Gasteiger charge is -2.22. The number of rotatable bonds is 4. The Morgan fingerprint density at radius 2 is 2.17 bits per heavy atom. The first-order valence-electron chi connectivity index (χ1n) is 7.38. The van der Waals surface area contributed by atoms with Crippen LogP contribution in [0.25, 0.3) is 0 Å². The molecule has 1 aromatic rings. The Morgan fingerprint density at radius 3 is 2.94 bits per heavy atom. The summed E-state index contributed by atoms with van der Waals surface area (Å²) < 4.78 is 5.58. The molecule has 0 radical (unpaired) electrons. The molecule has 1 saturated carbocycles. The summed E-state index contributed by atoms with van der Waals surface area (Å²) in [5, 5.41) is 3.83. The van der Waals surface area contributed by atoms with Crippen LogP contribution in [0.4, 0.5) is 0 Å². The predicted octanol–water partition coefficient (Wildman–Crippen LogP) is 3.60. The predicted molar refractivity (Wildman–Crippen MR) is 74.1 cm³/mol. The zero-order valence-corrected chi connectivity index (χ0v) is 11.2. The van der Waals surface area contributed by atoms with Crippen LogP contribution in [0.5, 0.6) is 5.75 Å². The monoisotopic (exact) mass is 245 g/mol. The first-order valence-corrected chi connectivity index (χ1v) is 7.38. The smallest absolute Gasteiger partial charge is 0.122 e. The Labute approximate surface area is 110 Å². The van der Waals surface area contributed by atoms with Gasteiger partial charge in [-0.3, -0.25) is 0 Å². The molecule has 18 heavy (non-hydrogen) atoms. The van der Waals surface area contributed by atoms with Gasteiger partial charge in [-0.1, -0.05) is 31.9 Å². The summed E-state index contributed by atoms with van der Waals surface area (Å²) in [6, 6.07) is 7.98. The largest absolute Gasteiger partial charge is 0.493 e. The van der Waals surface area contributed by atoms with Crippen molar-refractivity contribution in [2.45, 2.75) is 57.5 Å². The molecule has 0 bridgehead atoms. The molecule has 2 nitrogen and oxygen atoms in total. The maximum absolute atomic E-state index is 5.58. The third-order valence-electron chi connectivity index (χ3n) is 4.32. The highest BCUT2D eigenvalue weighted by Gasteiger charge is 2.20. The number of hydrogen-bond acceptors (Lipinski definition) is 2. The van der Waals surface area contributed by atoms with Gasteiger partial charge in [-0.05, 0) is 36.5 Å². The summed E-state index contributed by atoms with van der Waals surface area (Å²) in [6.45, 7) is 3.13. The number of ether oxygens (including phenoxy) is 1. The van der Waals surface area contributed by atoms with Crippen LogP contribution < -0.4 is 10.1 Å². The van der Waals surface area contributed by atoms with Crippen LogP contribution in [-0.2, 0) is 6.42 Å². The Hall–Kier alpha value is -1.02. The summed E-state index contributed by atoms with van der Waals surface area (Å²) >= 11 is 0. The normalized spacial score (nSPS) is 20.7. The quantitative estimate of drug-likeness (QED) is 0.875. The van der Waals surface area contributed by atoms with Gasteiger partial charge in [0.2, 0.25) is 0 Å². The SMILES string of the molecule is CCC(NC1CCCC1)c1ccc2c(c1)CCO2. The Kier molecular flexibility index (Phi) is 3.55. The van der Waals surface area contributed by atoms with Crippen LogP contribution in [-0.4, -0.2) is 12.6 Å². The van der Waals surface area contributed by atoms with Gasteiger partial charge in [0.25, 0.3) is 0 Å². The van der Waals surface area contributed by atoms with E-state index >= 15 is 0 Å². The lowest BCUT2D eigenvalue weighted by molar-refractivity contribution is 0.356. The Morgan fingerprint density at radius 1 is 1.33 bits per heavy atom. The summed E-state index contributed by atoms with van der Waals surface area (Å²) in [6.07, 6.45) is 7.73. The van der Waals surface area contributed by atoms with Gasteiger partial charge in [-0.25, -0.2) is 0 Å². The molecule has 1 unspecified atom stereocenters. The molecule has 2 heteroatoms. The van der Waals surface area contributed by atoms with Gasteiger partial charge in [-0.15, -0.1) is 0 Å². The molecule has 0 amide bonds. The van der Waals surface area contributed by atoms with Crippen molar-refractivity contribution >= 4 is 0 Å². The van der Waals surface area contributed by atoms with Crippen molar-refractivity contribution in [2.24, 2.45) is 0 Å². The van der Waals surface area contributed by atoms with Crippen molar-refractivity contribution in [3.63, 3.8) is 0 Å². The molecule has 0 spiro atoms. The average molecular weight is 245 g/mol. The van der Waals surface area contributed by atoms with Gasteiger partial charge in [0.05, 0.1) is 6.61 Å². The third-order valence-corrected chi connectivity index (χ3v) is 4.32. The van der Waals surface area contributed by atoms with E-state index in [0.29, 0.717) is 6.04 Å². The van der Waals surface area contributed by atoms with Crippen LogP contribution in [0, 0.1) is 0 Å². The summed E-state index contributed by atoms with van der Waals surface area (Å²) in [5.74, 6) is 1.09. The van der Waals surface area contributed by atoms with Crippen LogP contribution in [0.2, 0.25) is 0 Å². The fourth-order valence-corrected chi connectivity index (χ4v) is 3.25. The third kappa shape index (κ3) is 2.39. The molecular weight excluding hydrogens is 222 g/mol. The van der Waals surface area contributed by atoms with Crippen LogP contribution in [0.15, 0.2) is 18.2 Å². The van der Waals surface area contributed by atoms with Crippen molar-refractivity contribution in [1.29, 1.82) is 0 Å². The molecule has 3 rings (SSSR count). The maximum atomic E-state index is 5.58. The highest BCUT2D eigenvalue weighted by molar-refractivity contribution is 5.40. The second-order valence-electron chi connectivity index (χ2n) is 5.57. The zero-order chi connectivity index (χ0) is 12.4. The van der Waals surface area contributed by atoms with E-state index in [1.807, 2.05) is 0 Å². The van der Waals surface area contributed by atoms with E-state index in [0.717, 1.165) is 31.2 Å². The lowest BCUT2D eigenvalue weighted by Crippen LogP contribution is -2.30. The molecule has 1 aliphatic carbocycles. The molecule has 1 N–H and O–H groups in total. The molecule has 1 fully saturated rings. The summed E-state index contributed by atoms with van der Waals surface area (Å²) in [4.78, 5) is 0. The molecule has 98 valence electrons. The second-order valence-corrected chi connectivity index (χ2v) is 5.57. The number of benzene rings is 1. The summed E-state index contributed by atoms with van der Waals surface area (Å²) in [5.41, 5.74) is 2.83.